The third-order valence-corrected chi connectivity index (χ3v) is 2.50. The molecule has 1 aromatic carbocycles. The highest BCUT2D eigenvalue weighted by atomic mass is 16.5. The minimum Gasteiger partial charge on any atom is -0.512 e. The van der Waals surface area contributed by atoms with Crippen LogP contribution in [-0.2, 0) is 9.53 Å². The number of carbonyl (C=O) groups is 2. The van der Waals surface area contributed by atoms with Gasteiger partial charge in [-0.05, 0) is 45.0 Å². The van der Waals surface area contributed by atoms with E-state index in [1.165, 1.54) is 20.1 Å². The van der Waals surface area contributed by atoms with Crippen LogP contribution in [0.2, 0.25) is 0 Å². The summed E-state index contributed by atoms with van der Waals surface area (Å²) in [5, 5.41) is 9.45. The Morgan fingerprint density at radius 3 is 2.30 bits per heavy atom. The van der Waals surface area contributed by atoms with E-state index >= 15 is 0 Å². The molecule has 106 valence electrons. The molecule has 1 N–H and O–H groups in total. The number of Topliss-reactive ketones (excluding diaryl/α,β-unsaturated/α-hetero) is 1. The summed E-state index contributed by atoms with van der Waals surface area (Å²) in [6, 6.07) is 6.61. The Kier molecular flexibility index (Phi) is 5.65. The molecule has 0 aliphatic rings. The van der Waals surface area contributed by atoms with Crippen LogP contribution in [0.1, 0.15) is 31.1 Å². The number of aliphatic hydroxyl groups is 1. The van der Waals surface area contributed by atoms with Gasteiger partial charge in [0, 0.05) is 11.8 Å². The molecule has 0 aliphatic heterocycles. The molecule has 0 saturated heterocycles. The van der Waals surface area contributed by atoms with E-state index in [1.54, 1.807) is 31.2 Å². The number of carbonyl (C=O) groups excluding carboxylic acids is 2. The first-order chi connectivity index (χ1) is 9.45. The van der Waals surface area contributed by atoms with Gasteiger partial charge in [0.1, 0.15) is 11.3 Å². The molecule has 0 aliphatic carbocycles. The molecule has 0 unspecified atom stereocenters. The molecule has 1 aromatic rings. The van der Waals surface area contributed by atoms with Gasteiger partial charge in [0.2, 0.25) is 0 Å². The fourth-order valence-electron chi connectivity index (χ4n) is 1.42. The van der Waals surface area contributed by atoms with Crippen molar-refractivity contribution in [1.82, 2.24) is 0 Å². The van der Waals surface area contributed by atoms with Crippen LogP contribution in [0.25, 0.3) is 0 Å². The van der Waals surface area contributed by atoms with E-state index in [2.05, 4.69) is 4.99 Å². The SMILES string of the molecule is CCOC(=O)/C(C=Nc1ccc(C(C)=O)cc1)=C(\C)O. The summed E-state index contributed by atoms with van der Waals surface area (Å²) in [5.74, 6) is -0.817. The minimum atomic E-state index is -0.628. The number of rotatable bonds is 5. The van der Waals surface area contributed by atoms with Crippen LogP contribution in [-0.4, -0.2) is 29.7 Å². The standard InChI is InChI=1S/C15H17NO4/c1-4-20-15(19)14(11(3)18)9-16-13-7-5-12(6-8-13)10(2)17/h5-9,18H,4H2,1-3H3/b14-11+,16-9?. The van der Waals surface area contributed by atoms with Crippen LogP contribution < -0.4 is 0 Å². The van der Waals surface area contributed by atoms with E-state index in [1.807, 2.05) is 0 Å². The molecule has 0 spiro atoms. The Bertz CT molecular complexity index is 552. The zero-order valence-electron chi connectivity index (χ0n) is 11.7. The maximum Gasteiger partial charge on any atom is 0.343 e. The summed E-state index contributed by atoms with van der Waals surface area (Å²) >= 11 is 0. The zero-order chi connectivity index (χ0) is 15.1. The van der Waals surface area contributed by atoms with E-state index in [0.29, 0.717) is 11.3 Å². The van der Waals surface area contributed by atoms with Crippen LogP contribution in [0.3, 0.4) is 0 Å². The lowest BCUT2D eigenvalue weighted by molar-refractivity contribution is -0.138. The predicted molar refractivity (Wildman–Crippen MR) is 76.6 cm³/mol. The fraction of sp³-hybridized carbons (Fsp3) is 0.267. The Hall–Kier alpha value is -2.43. The normalized spacial score (nSPS) is 12.2. The quantitative estimate of drug-likeness (QED) is 0.295. The van der Waals surface area contributed by atoms with Crippen molar-refractivity contribution in [3.8, 4) is 0 Å². The van der Waals surface area contributed by atoms with Gasteiger partial charge in [0.25, 0.3) is 0 Å². The maximum absolute atomic E-state index is 11.6. The smallest absolute Gasteiger partial charge is 0.343 e. The largest absolute Gasteiger partial charge is 0.512 e. The van der Waals surface area contributed by atoms with Crippen LogP contribution in [0.5, 0.6) is 0 Å². The van der Waals surface area contributed by atoms with Gasteiger partial charge in [0.15, 0.2) is 5.78 Å². The van der Waals surface area contributed by atoms with E-state index in [4.69, 9.17) is 4.74 Å². The molecule has 0 saturated carbocycles. The third-order valence-electron chi connectivity index (χ3n) is 2.50. The van der Waals surface area contributed by atoms with Gasteiger partial charge in [-0.1, -0.05) is 0 Å². The maximum atomic E-state index is 11.6. The molecule has 1 rings (SSSR count). The van der Waals surface area contributed by atoms with E-state index in [-0.39, 0.29) is 23.7 Å². The number of ether oxygens (including phenoxy) is 1. The average Bonchev–Trinajstić information content (AvgIpc) is 2.39. The molecular formula is C15H17NO4. The molecule has 0 atom stereocenters. The van der Waals surface area contributed by atoms with Crippen molar-refractivity contribution < 1.29 is 19.4 Å². The molecule has 0 radical (unpaired) electrons. The van der Waals surface area contributed by atoms with Gasteiger partial charge < -0.3 is 9.84 Å². The second-order valence-corrected chi connectivity index (χ2v) is 4.08. The third kappa shape index (κ3) is 4.35. The van der Waals surface area contributed by atoms with Gasteiger partial charge >= 0.3 is 5.97 Å². The molecule has 5 heteroatoms. The molecule has 20 heavy (non-hydrogen) atoms. The number of aliphatic imine (C=N–C) groups is 1. The number of ketones is 1. The van der Waals surface area contributed by atoms with Gasteiger partial charge in [-0.25, -0.2) is 4.79 Å². The number of allylic oxidation sites excluding steroid dienone is 1. The number of nitrogens with zero attached hydrogens (tertiary/aromatic N) is 1. The van der Waals surface area contributed by atoms with Gasteiger partial charge in [0.05, 0.1) is 12.3 Å². The van der Waals surface area contributed by atoms with E-state index in [9.17, 15) is 14.7 Å². The monoisotopic (exact) mass is 275 g/mol. The molecule has 5 nitrogen and oxygen atoms in total. The first kappa shape index (κ1) is 15.6. The van der Waals surface area contributed by atoms with Crippen LogP contribution >= 0.6 is 0 Å². The van der Waals surface area contributed by atoms with Crippen LogP contribution in [0.15, 0.2) is 40.6 Å². The lowest BCUT2D eigenvalue weighted by atomic mass is 10.1. The highest BCUT2D eigenvalue weighted by Gasteiger charge is 2.11. The van der Waals surface area contributed by atoms with Crippen LogP contribution in [0.4, 0.5) is 5.69 Å². The summed E-state index contributed by atoms with van der Waals surface area (Å²) in [7, 11) is 0. The lowest BCUT2D eigenvalue weighted by Crippen LogP contribution is -2.10. The first-order valence-electron chi connectivity index (χ1n) is 6.17. The number of hydrogen-bond acceptors (Lipinski definition) is 5. The van der Waals surface area contributed by atoms with Crippen LogP contribution in [0, 0.1) is 0 Å². The van der Waals surface area contributed by atoms with Crippen molar-refractivity contribution in [2.75, 3.05) is 6.61 Å². The topological polar surface area (TPSA) is 76.0 Å². The van der Waals surface area contributed by atoms with Crippen molar-refractivity contribution in [2.24, 2.45) is 4.99 Å². The molecule has 0 fully saturated rings. The Morgan fingerprint density at radius 2 is 1.85 bits per heavy atom. The second kappa shape index (κ2) is 7.23. The molecular weight excluding hydrogens is 258 g/mol. The van der Waals surface area contributed by atoms with Crippen molar-refractivity contribution in [2.45, 2.75) is 20.8 Å². The van der Waals surface area contributed by atoms with Crippen molar-refractivity contribution in [3.63, 3.8) is 0 Å². The zero-order valence-corrected chi connectivity index (χ0v) is 11.7. The number of esters is 1. The van der Waals surface area contributed by atoms with Gasteiger partial charge in [-0.15, -0.1) is 0 Å². The van der Waals surface area contributed by atoms with Crippen molar-refractivity contribution >= 4 is 23.7 Å². The molecule has 0 bridgehead atoms. The highest BCUT2D eigenvalue weighted by molar-refractivity contribution is 6.10. The summed E-state index contributed by atoms with van der Waals surface area (Å²) in [4.78, 5) is 26.8. The average molecular weight is 275 g/mol. The Labute approximate surface area is 117 Å². The summed E-state index contributed by atoms with van der Waals surface area (Å²) < 4.78 is 4.81. The molecule has 0 aromatic heterocycles. The fourth-order valence-corrected chi connectivity index (χ4v) is 1.42. The second-order valence-electron chi connectivity index (χ2n) is 4.08. The minimum absolute atomic E-state index is 0.00231. The molecule has 0 amide bonds. The predicted octanol–water partition coefficient (Wildman–Crippen LogP) is 2.99. The van der Waals surface area contributed by atoms with E-state index in [0.717, 1.165) is 0 Å². The number of hydrogen-bond donors (Lipinski definition) is 1. The van der Waals surface area contributed by atoms with Gasteiger partial charge in [-0.2, -0.15) is 0 Å². The number of benzene rings is 1. The molecule has 0 heterocycles. The Morgan fingerprint density at radius 1 is 1.25 bits per heavy atom. The van der Waals surface area contributed by atoms with Crippen molar-refractivity contribution in [3.05, 3.63) is 41.2 Å². The Balaban J connectivity index is 2.92. The first-order valence-corrected chi connectivity index (χ1v) is 6.17. The van der Waals surface area contributed by atoms with Gasteiger partial charge in [-0.3, -0.25) is 9.79 Å². The summed E-state index contributed by atoms with van der Waals surface area (Å²) in [5.41, 5.74) is 1.16. The van der Waals surface area contributed by atoms with Crippen molar-refractivity contribution in [1.29, 1.82) is 0 Å². The summed E-state index contributed by atoms with van der Waals surface area (Å²) in [6.45, 7) is 4.77. The van der Waals surface area contributed by atoms with E-state index < -0.39 is 5.97 Å². The summed E-state index contributed by atoms with van der Waals surface area (Å²) in [6.07, 6.45) is 1.25. The lowest BCUT2D eigenvalue weighted by Gasteiger charge is -2.03. The number of aliphatic hydroxyl groups excluding tert-OH is 1. The highest BCUT2D eigenvalue weighted by Crippen LogP contribution is 2.14.